The van der Waals surface area contributed by atoms with Crippen LogP contribution in [0.4, 0.5) is 19.1 Å². The number of benzene rings is 1. The Kier molecular flexibility index (Phi) is 4.07. The molecule has 0 aliphatic carbocycles. The number of rotatable bonds is 4. The van der Waals surface area contributed by atoms with Crippen LogP contribution in [-0.4, -0.2) is 21.5 Å². The van der Waals surface area contributed by atoms with E-state index in [0.29, 0.717) is 5.16 Å². The van der Waals surface area contributed by atoms with E-state index in [4.69, 9.17) is 5.73 Å². The number of H-pyrrole nitrogens is 1. The molecule has 9 heteroatoms. The van der Waals surface area contributed by atoms with Gasteiger partial charge < -0.3 is 10.5 Å². The van der Waals surface area contributed by atoms with E-state index < -0.39 is 6.36 Å². The van der Waals surface area contributed by atoms with E-state index in [-0.39, 0.29) is 16.9 Å². The molecule has 0 fully saturated rings. The van der Waals surface area contributed by atoms with Gasteiger partial charge in [-0.1, -0.05) is 23.9 Å². The third-order valence-electron chi connectivity index (χ3n) is 2.35. The van der Waals surface area contributed by atoms with Crippen molar-refractivity contribution in [1.82, 2.24) is 15.2 Å². The average molecular weight is 304 g/mol. The second-order valence-electron chi connectivity index (χ2n) is 3.88. The summed E-state index contributed by atoms with van der Waals surface area (Å²) in [5.74, 6) is -0.0331. The molecular weight excluding hydrogens is 293 g/mol. The summed E-state index contributed by atoms with van der Waals surface area (Å²) in [5.41, 5.74) is 6.23. The lowest BCUT2D eigenvalue weighted by molar-refractivity contribution is -0.274. The Morgan fingerprint density at radius 2 is 1.95 bits per heavy atom. The molecule has 0 saturated heterocycles. The fourth-order valence-electron chi connectivity index (χ4n) is 1.48. The van der Waals surface area contributed by atoms with E-state index in [9.17, 15) is 13.2 Å². The Labute approximate surface area is 116 Å². The summed E-state index contributed by atoms with van der Waals surface area (Å²) in [7, 11) is 0. The lowest BCUT2D eigenvalue weighted by Crippen LogP contribution is -2.17. The summed E-state index contributed by atoms with van der Waals surface area (Å²) in [6.07, 6.45) is -4.68. The zero-order valence-corrected chi connectivity index (χ0v) is 11.1. The molecule has 2 rings (SSSR count). The van der Waals surface area contributed by atoms with E-state index in [1.54, 1.807) is 12.1 Å². The fraction of sp³-hybridized carbons (Fsp3) is 0.273. The van der Waals surface area contributed by atoms with Gasteiger partial charge in [-0.15, -0.1) is 18.3 Å². The van der Waals surface area contributed by atoms with Gasteiger partial charge in [0.15, 0.2) is 0 Å². The normalized spacial score (nSPS) is 13.2. The number of ether oxygens (including phenoxy) is 1. The van der Waals surface area contributed by atoms with Gasteiger partial charge >= 0.3 is 6.36 Å². The number of aromatic amines is 1. The molecule has 2 aromatic rings. The van der Waals surface area contributed by atoms with Crippen LogP contribution in [0.2, 0.25) is 0 Å². The Morgan fingerprint density at radius 1 is 1.30 bits per heavy atom. The predicted molar refractivity (Wildman–Crippen MR) is 68.2 cm³/mol. The van der Waals surface area contributed by atoms with Crippen molar-refractivity contribution in [3.05, 3.63) is 29.8 Å². The summed E-state index contributed by atoms with van der Waals surface area (Å²) >= 11 is 1.34. The lowest BCUT2D eigenvalue weighted by Gasteiger charge is -2.12. The van der Waals surface area contributed by atoms with Crippen LogP contribution < -0.4 is 10.5 Å². The van der Waals surface area contributed by atoms with Crippen LogP contribution in [0.25, 0.3) is 0 Å². The number of aromatic nitrogens is 3. The monoisotopic (exact) mass is 304 g/mol. The summed E-state index contributed by atoms with van der Waals surface area (Å²) < 4.78 is 39.9. The predicted octanol–water partition coefficient (Wildman–Crippen LogP) is 3.14. The molecule has 0 saturated carbocycles. The van der Waals surface area contributed by atoms with E-state index in [2.05, 4.69) is 19.9 Å². The molecule has 0 spiro atoms. The second-order valence-corrected chi connectivity index (χ2v) is 5.19. The number of nitrogen functional groups attached to an aromatic ring is 1. The first kappa shape index (κ1) is 14.5. The summed E-state index contributed by atoms with van der Waals surface area (Å²) in [5, 5.41) is 6.83. The van der Waals surface area contributed by atoms with Gasteiger partial charge in [-0.25, -0.2) is 5.10 Å². The number of nitrogens with one attached hydrogen (secondary N) is 1. The first-order chi connectivity index (χ1) is 9.33. The first-order valence-corrected chi connectivity index (χ1v) is 6.42. The molecule has 1 aromatic carbocycles. The number of thioether (sulfide) groups is 1. The Hall–Kier alpha value is -1.90. The molecule has 5 nitrogen and oxygen atoms in total. The van der Waals surface area contributed by atoms with Crippen molar-refractivity contribution in [2.45, 2.75) is 23.7 Å². The Balaban J connectivity index is 2.02. The number of alkyl halides is 3. The van der Waals surface area contributed by atoms with Crippen molar-refractivity contribution in [1.29, 1.82) is 0 Å². The SMILES string of the molecule is C[C@H](Sc1n[nH]c(N)n1)c1ccc(OC(F)(F)F)cc1. The third-order valence-corrected chi connectivity index (χ3v) is 3.37. The van der Waals surface area contributed by atoms with E-state index in [0.717, 1.165) is 5.56 Å². The average Bonchev–Trinajstić information content (AvgIpc) is 2.73. The minimum atomic E-state index is -4.68. The van der Waals surface area contributed by atoms with Crippen LogP contribution >= 0.6 is 11.8 Å². The maximum absolute atomic E-state index is 12.0. The standard InChI is InChI=1S/C11H11F3N4OS/c1-6(20-10-16-9(15)17-18-10)7-2-4-8(5-3-7)19-11(12,13)14/h2-6H,1H3,(H3,15,16,17,18)/t6-/m0/s1. The maximum atomic E-state index is 12.0. The minimum Gasteiger partial charge on any atom is -0.406 e. The van der Waals surface area contributed by atoms with Crippen LogP contribution in [0.3, 0.4) is 0 Å². The van der Waals surface area contributed by atoms with E-state index >= 15 is 0 Å². The number of nitrogens with two attached hydrogens (primary N) is 1. The molecule has 3 N–H and O–H groups in total. The first-order valence-electron chi connectivity index (χ1n) is 5.54. The summed E-state index contributed by atoms with van der Waals surface area (Å²) in [4.78, 5) is 3.94. The number of hydrogen-bond acceptors (Lipinski definition) is 5. The topological polar surface area (TPSA) is 76.8 Å². The lowest BCUT2D eigenvalue weighted by atomic mass is 10.2. The smallest absolute Gasteiger partial charge is 0.406 e. The molecule has 0 amide bonds. The molecule has 1 atom stereocenters. The molecule has 1 heterocycles. The molecular formula is C11H11F3N4OS. The maximum Gasteiger partial charge on any atom is 0.573 e. The van der Waals surface area contributed by atoms with Crippen LogP contribution in [0.1, 0.15) is 17.7 Å². The van der Waals surface area contributed by atoms with Crippen molar-refractivity contribution in [2.24, 2.45) is 0 Å². The van der Waals surface area contributed by atoms with Crippen LogP contribution in [0.15, 0.2) is 29.4 Å². The molecule has 0 aliphatic heterocycles. The summed E-state index contributed by atoms with van der Waals surface area (Å²) in [6, 6.07) is 5.67. The molecule has 0 aliphatic rings. The van der Waals surface area contributed by atoms with Gasteiger partial charge in [0.05, 0.1) is 0 Å². The summed E-state index contributed by atoms with van der Waals surface area (Å²) in [6.45, 7) is 1.89. The second kappa shape index (κ2) is 5.61. The highest BCUT2D eigenvalue weighted by molar-refractivity contribution is 7.99. The van der Waals surface area contributed by atoms with E-state index in [1.807, 2.05) is 6.92 Å². The number of anilines is 1. The van der Waals surface area contributed by atoms with Crippen LogP contribution in [-0.2, 0) is 0 Å². The quantitative estimate of drug-likeness (QED) is 0.849. The van der Waals surface area contributed by atoms with E-state index in [1.165, 1.54) is 23.9 Å². The number of halogens is 3. The van der Waals surface area contributed by atoms with Gasteiger partial charge in [0, 0.05) is 5.25 Å². The van der Waals surface area contributed by atoms with Crippen molar-refractivity contribution >= 4 is 17.7 Å². The zero-order valence-electron chi connectivity index (χ0n) is 10.3. The van der Waals surface area contributed by atoms with Gasteiger partial charge in [-0.3, -0.25) is 0 Å². The van der Waals surface area contributed by atoms with Gasteiger partial charge in [0.1, 0.15) is 5.75 Å². The van der Waals surface area contributed by atoms with Crippen LogP contribution in [0, 0.1) is 0 Å². The molecule has 0 radical (unpaired) electrons. The van der Waals surface area contributed by atoms with Gasteiger partial charge in [0.25, 0.3) is 0 Å². The zero-order chi connectivity index (χ0) is 14.8. The van der Waals surface area contributed by atoms with Crippen molar-refractivity contribution < 1.29 is 17.9 Å². The van der Waals surface area contributed by atoms with Crippen molar-refractivity contribution in [3.8, 4) is 5.75 Å². The molecule has 20 heavy (non-hydrogen) atoms. The van der Waals surface area contributed by atoms with Gasteiger partial charge in [-0.05, 0) is 24.6 Å². The third kappa shape index (κ3) is 4.05. The van der Waals surface area contributed by atoms with Gasteiger partial charge in [-0.2, -0.15) is 4.98 Å². The molecule has 0 bridgehead atoms. The highest BCUT2D eigenvalue weighted by Gasteiger charge is 2.31. The largest absolute Gasteiger partial charge is 0.573 e. The molecule has 1 aromatic heterocycles. The van der Waals surface area contributed by atoms with Crippen LogP contribution in [0.5, 0.6) is 5.75 Å². The number of hydrogen-bond donors (Lipinski definition) is 2. The number of nitrogens with zero attached hydrogens (tertiary/aromatic N) is 2. The minimum absolute atomic E-state index is 0.0369. The van der Waals surface area contributed by atoms with Crippen molar-refractivity contribution in [3.63, 3.8) is 0 Å². The Morgan fingerprint density at radius 3 is 2.45 bits per heavy atom. The van der Waals surface area contributed by atoms with Crippen molar-refractivity contribution in [2.75, 3.05) is 5.73 Å². The van der Waals surface area contributed by atoms with Gasteiger partial charge in [0.2, 0.25) is 11.1 Å². The highest BCUT2D eigenvalue weighted by atomic mass is 32.2. The molecule has 108 valence electrons. The highest BCUT2D eigenvalue weighted by Crippen LogP contribution is 2.34. The fourth-order valence-corrected chi connectivity index (χ4v) is 2.34. The molecule has 0 unspecified atom stereocenters. The Bertz CT molecular complexity index is 570.